The van der Waals surface area contributed by atoms with Crippen LogP contribution >= 0.6 is 27.7 Å². The van der Waals surface area contributed by atoms with Crippen molar-refractivity contribution >= 4 is 32.8 Å². The van der Waals surface area contributed by atoms with Gasteiger partial charge in [0.2, 0.25) is 0 Å². The Morgan fingerprint density at radius 2 is 1.93 bits per heavy atom. The zero-order chi connectivity index (χ0) is 10.6. The highest BCUT2D eigenvalue weighted by atomic mass is 79.9. The van der Waals surface area contributed by atoms with E-state index in [1.807, 2.05) is 24.3 Å². The average molecular weight is 273 g/mol. The SMILES string of the molecule is CC(C)CC(=O)Sc1ccc(Br)cc1. The molecule has 0 aliphatic heterocycles. The van der Waals surface area contributed by atoms with Gasteiger partial charge >= 0.3 is 0 Å². The van der Waals surface area contributed by atoms with Gasteiger partial charge in [0.15, 0.2) is 5.12 Å². The Kier molecular flexibility index (Phi) is 4.69. The fraction of sp³-hybridized carbons (Fsp3) is 0.364. The van der Waals surface area contributed by atoms with Crippen molar-refractivity contribution in [3.05, 3.63) is 28.7 Å². The second-order valence-electron chi connectivity index (χ2n) is 3.53. The molecular formula is C11H13BrOS. The summed E-state index contributed by atoms with van der Waals surface area (Å²) in [6, 6.07) is 7.80. The third kappa shape index (κ3) is 4.29. The molecule has 3 heteroatoms. The number of halogens is 1. The van der Waals surface area contributed by atoms with Crippen molar-refractivity contribution in [2.24, 2.45) is 5.92 Å². The van der Waals surface area contributed by atoms with Gasteiger partial charge in [-0.25, -0.2) is 0 Å². The maximum atomic E-state index is 11.5. The third-order valence-corrected chi connectivity index (χ3v) is 3.05. The maximum Gasteiger partial charge on any atom is 0.193 e. The van der Waals surface area contributed by atoms with Crippen LogP contribution < -0.4 is 0 Å². The molecule has 1 aromatic rings. The van der Waals surface area contributed by atoms with Gasteiger partial charge in [0, 0.05) is 15.8 Å². The Morgan fingerprint density at radius 1 is 1.36 bits per heavy atom. The molecular weight excluding hydrogens is 260 g/mol. The van der Waals surface area contributed by atoms with E-state index in [0.717, 1.165) is 9.37 Å². The van der Waals surface area contributed by atoms with Crippen molar-refractivity contribution in [2.45, 2.75) is 25.2 Å². The van der Waals surface area contributed by atoms with E-state index in [1.165, 1.54) is 11.8 Å². The quantitative estimate of drug-likeness (QED) is 0.771. The molecule has 0 fully saturated rings. The number of carbonyl (C=O) groups is 1. The summed E-state index contributed by atoms with van der Waals surface area (Å²) in [5, 5.41) is 0.238. The van der Waals surface area contributed by atoms with Crippen molar-refractivity contribution < 1.29 is 4.79 Å². The molecule has 0 aliphatic carbocycles. The van der Waals surface area contributed by atoms with Crippen LogP contribution in [0.2, 0.25) is 0 Å². The standard InChI is InChI=1S/C11H13BrOS/c1-8(2)7-11(13)14-10-5-3-9(12)4-6-10/h3-6,8H,7H2,1-2H3. The predicted octanol–water partition coefficient (Wildman–Crippen LogP) is 4.11. The molecule has 0 spiro atoms. The number of thioether (sulfide) groups is 1. The predicted molar refractivity (Wildman–Crippen MR) is 64.5 cm³/mol. The van der Waals surface area contributed by atoms with Crippen LogP contribution in [-0.4, -0.2) is 5.12 Å². The summed E-state index contributed by atoms with van der Waals surface area (Å²) < 4.78 is 1.04. The zero-order valence-corrected chi connectivity index (χ0v) is 10.7. The highest BCUT2D eigenvalue weighted by Gasteiger charge is 2.06. The summed E-state index contributed by atoms with van der Waals surface area (Å²) in [7, 11) is 0. The van der Waals surface area contributed by atoms with E-state index in [4.69, 9.17) is 0 Å². The summed E-state index contributed by atoms with van der Waals surface area (Å²) in [4.78, 5) is 12.5. The fourth-order valence-electron chi connectivity index (χ4n) is 1.01. The Bertz CT molecular complexity index is 306. The lowest BCUT2D eigenvalue weighted by Crippen LogP contribution is -1.97. The molecule has 1 aromatic carbocycles. The lowest BCUT2D eigenvalue weighted by molar-refractivity contribution is -0.111. The van der Waals surface area contributed by atoms with Gasteiger partial charge in [-0.1, -0.05) is 41.5 Å². The van der Waals surface area contributed by atoms with Gasteiger partial charge < -0.3 is 0 Å². The van der Waals surface area contributed by atoms with E-state index in [1.54, 1.807) is 0 Å². The molecule has 0 heterocycles. The molecule has 0 unspecified atom stereocenters. The minimum absolute atomic E-state index is 0.238. The first-order valence-corrected chi connectivity index (χ1v) is 6.15. The Balaban J connectivity index is 2.52. The van der Waals surface area contributed by atoms with Gasteiger partial charge in [0.05, 0.1) is 0 Å². The van der Waals surface area contributed by atoms with E-state index in [0.29, 0.717) is 12.3 Å². The molecule has 0 amide bonds. The summed E-state index contributed by atoms with van der Waals surface area (Å²) in [5.74, 6) is 0.436. The van der Waals surface area contributed by atoms with E-state index >= 15 is 0 Å². The molecule has 0 aromatic heterocycles. The first kappa shape index (κ1) is 11.8. The third-order valence-electron chi connectivity index (χ3n) is 1.62. The molecule has 0 atom stereocenters. The maximum absolute atomic E-state index is 11.5. The van der Waals surface area contributed by atoms with Gasteiger partial charge in [-0.3, -0.25) is 4.79 Å². The lowest BCUT2D eigenvalue weighted by Gasteiger charge is -2.03. The Hall–Kier alpha value is -0.280. The van der Waals surface area contributed by atoms with Gasteiger partial charge in [-0.15, -0.1) is 0 Å². The number of hydrogen-bond donors (Lipinski definition) is 0. The van der Waals surface area contributed by atoms with E-state index < -0.39 is 0 Å². The molecule has 0 radical (unpaired) electrons. The second kappa shape index (κ2) is 5.56. The van der Waals surface area contributed by atoms with Crippen LogP contribution in [0, 0.1) is 5.92 Å². The molecule has 14 heavy (non-hydrogen) atoms. The minimum atomic E-state index is 0.238. The lowest BCUT2D eigenvalue weighted by atomic mass is 10.2. The summed E-state index contributed by atoms with van der Waals surface area (Å²) in [6.07, 6.45) is 0.640. The minimum Gasteiger partial charge on any atom is -0.287 e. The van der Waals surface area contributed by atoms with Crippen molar-refractivity contribution in [2.75, 3.05) is 0 Å². The number of benzene rings is 1. The van der Waals surface area contributed by atoms with Gasteiger partial charge in [-0.2, -0.15) is 0 Å². The van der Waals surface area contributed by atoms with E-state index in [2.05, 4.69) is 29.8 Å². The topological polar surface area (TPSA) is 17.1 Å². The Morgan fingerprint density at radius 3 is 2.43 bits per heavy atom. The van der Waals surface area contributed by atoms with Crippen LogP contribution in [0.4, 0.5) is 0 Å². The zero-order valence-electron chi connectivity index (χ0n) is 8.29. The van der Waals surface area contributed by atoms with E-state index in [9.17, 15) is 4.79 Å². The first-order chi connectivity index (χ1) is 6.58. The van der Waals surface area contributed by atoms with Crippen LogP contribution in [0.1, 0.15) is 20.3 Å². The molecule has 0 saturated heterocycles. The summed E-state index contributed by atoms with van der Waals surface area (Å²) >= 11 is 4.68. The number of rotatable bonds is 3. The van der Waals surface area contributed by atoms with Crippen molar-refractivity contribution in [1.29, 1.82) is 0 Å². The van der Waals surface area contributed by atoms with Crippen molar-refractivity contribution in [1.82, 2.24) is 0 Å². The summed E-state index contributed by atoms with van der Waals surface area (Å²) in [5.41, 5.74) is 0. The van der Waals surface area contributed by atoms with Crippen molar-refractivity contribution in [3.8, 4) is 0 Å². The molecule has 0 aliphatic rings. The molecule has 1 nitrogen and oxygen atoms in total. The van der Waals surface area contributed by atoms with Crippen LogP contribution in [-0.2, 0) is 4.79 Å². The fourth-order valence-corrected chi connectivity index (χ4v) is 2.23. The largest absolute Gasteiger partial charge is 0.287 e. The molecule has 0 bridgehead atoms. The van der Waals surface area contributed by atoms with Crippen LogP contribution in [0.15, 0.2) is 33.6 Å². The highest BCUT2D eigenvalue weighted by molar-refractivity contribution is 9.10. The van der Waals surface area contributed by atoms with Crippen LogP contribution in [0.3, 0.4) is 0 Å². The summed E-state index contributed by atoms with van der Waals surface area (Å²) in [6.45, 7) is 4.11. The van der Waals surface area contributed by atoms with Gasteiger partial charge in [0.25, 0.3) is 0 Å². The smallest absolute Gasteiger partial charge is 0.193 e. The first-order valence-electron chi connectivity index (χ1n) is 4.54. The number of hydrogen-bond acceptors (Lipinski definition) is 2. The molecule has 0 saturated carbocycles. The molecule has 1 rings (SSSR count). The second-order valence-corrected chi connectivity index (χ2v) is 5.57. The average Bonchev–Trinajstić information content (AvgIpc) is 2.07. The Labute approximate surface area is 97.4 Å². The van der Waals surface area contributed by atoms with E-state index in [-0.39, 0.29) is 5.12 Å². The number of carbonyl (C=O) groups excluding carboxylic acids is 1. The van der Waals surface area contributed by atoms with Gasteiger partial charge in [-0.05, 0) is 30.2 Å². The van der Waals surface area contributed by atoms with Crippen molar-refractivity contribution in [3.63, 3.8) is 0 Å². The molecule has 0 N–H and O–H groups in total. The van der Waals surface area contributed by atoms with Crippen LogP contribution in [0.25, 0.3) is 0 Å². The molecule has 76 valence electrons. The normalized spacial score (nSPS) is 10.6. The van der Waals surface area contributed by atoms with Crippen LogP contribution in [0.5, 0.6) is 0 Å². The van der Waals surface area contributed by atoms with Gasteiger partial charge in [0.1, 0.15) is 0 Å². The highest BCUT2D eigenvalue weighted by Crippen LogP contribution is 2.23. The monoisotopic (exact) mass is 272 g/mol.